The highest BCUT2D eigenvalue weighted by Crippen LogP contribution is 2.37. The molecule has 0 unspecified atom stereocenters. The molecular weight excluding hydrogens is 328 g/mol. The SMILES string of the molecule is COc1cc(Nc2ccc(NC(=O)C(C)C)cc2)c(OC)cc1Cl. The van der Waals surface area contributed by atoms with Crippen LogP contribution in [0.2, 0.25) is 5.02 Å². The molecule has 0 aromatic heterocycles. The van der Waals surface area contributed by atoms with E-state index in [1.54, 1.807) is 26.4 Å². The standard InChI is InChI=1S/C18H21ClN2O3/c1-11(2)18(22)21-13-7-5-12(6-8-13)20-15-10-16(23-3)14(19)9-17(15)24-4/h5-11,20H,1-4H3,(H,21,22). The highest BCUT2D eigenvalue weighted by Gasteiger charge is 2.11. The lowest BCUT2D eigenvalue weighted by atomic mass is 10.2. The summed E-state index contributed by atoms with van der Waals surface area (Å²) in [6.45, 7) is 3.71. The summed E-state index contributed by atoms with van der Waals surface area (Å²) in [5, 5.41) is 6.58. The average Bonchev–Trinajstić information content (AvgIpc) is 2.57. The largest absolute Gasteiger partial charge is 0.495 e. The number of carbonyl (C=O) groups excluding carboxylic acids is 1. The Morgan fingerprint density at radius 2 is 1.58 bits per heavy atom. The smallest absolute Gasteiger partial charge is 0.226 e. The molecule has 0 aliphatic rings. The number of ether oxygens (including phenoxy) is 2. The van der Waals surface area contributed by atoms with Crippen molar-refractivity contribution in [1.29, 1.82) is 0 Å². The zero-order chi connectivity index (χ0) is 17.7. The molecule has 2 rings (SSSR count). The molecule has 6 heteroatoms. The number of benzene rings is 2. The van der Waals surface area contributed by atoms with Crippen LogP contribution in [-0.4, -0.2) is 20.1 Å². The summed E-state index contributed by atoms with van der Waals surface area (Å²) in [7, 11) is 3.14. The minimum atomic E-state index is -0.0615. The molecule has 0 saturated carbocycles. The molecule has 2 aromatic carbocycles. The Labute approximate surface area is 146 Å². The predicted octanol–water partition coefficient (Wildman–Crippen LogP) is 4.70. The van der Waals surface area contributed by atoms with E-state index >= 15 is 0 Å². The van der Waals surface area contributed by atoms with Gasteiger partial charge in [-0.25, -0.2) is 0 Å². The summed E-state index contributed by atoms with van der Waals surface area (Å²) >= 11 is 6.10. The highest BCUT2D eigenvalue weighted by atomic mass is 35.5. The minimum absolute atomic E-state index is 0.0141. The van der Waals surface area contributed by atoms with Gasteiger partial charge < -0.3 is 20.1 Å². The molecule has 0 spiro atoms. The third-order valence-electron chi connectivity index (χ3n) is 3.43. The Kier molecular flexibility index (Phi) is 5.93. The average molecular weight is 349 g/mol. The molecule has 1 amide bonds. The van der Waals surface area contributed by atoms with Crippen molar-refractivity contribution in [3.8, 4) is 11.5 Å². The predicted molar refractivity (Wildman–Crippen MR) is 97.7 cm³/mol. The molecule has 2 N–H and O–H groups in total. The van der Waals surface area contributed by atoms with Crippen LogP contribution in [-0.2, 0) is 4.79 Å². The van der Waals surface area contributed by atoms with Gasteiger partial charge in [-0.3, -0.25) is 4.79 Å². The Hall–Kier alpha value is -2.40. The van der Waals surface area contributed by atoms with Crippen molar-refractivity contribution >= 4 is 34.6 Å². The van der Waals surface area contributed by atoms with Crippen molar-refractivity contribution in [3.63, 3.8) is 0 Å². The van der Waals surface area contributed by atoms with Gasteiger partial charge in [-0.1, -0.05) is 25.4 Å². The fourth-order valence-corrected chi connectivity index (χ4v) is 2.27. The fraction of sp³-hybridized carbons (Fsp3) is 0.278. The molecule has 2 aromatic rings. The number of halogens is 1. The lowest BCUT2D eigenvalue weighted by Gasteiger charge is -2.14. The van der Waals surface area contributed by atoms with E-state index in [0.29, 0.717) is 16.5 Å². The summed E-state index contributed by atoms with van der Waals surface area (Å²) in [5.41, 5.74) is 2.33. The molecule has 24 heavy (non-hydrogen) atoms. The van der Waals surface area contributed by atoms with Crippen LogP contribution >= 0.6 is 11.6 Å². The van der Waals surface area contributed by atoms with Gasteiger partial charge in [0.2, 0.25) is 5.91 Å². The molecule has 128 valence electrons. The number of rotatable bonds is 6. The van der Waals surface area contributed by atoms with E-state index in [2.05, 4.69) is 10.6 Å². The van der Waals surface area contributed by atoms with E-state index in [4.69, 9.17) is 21.1 Å². The van der Waals surface area contributed by atoms with Crippen LogP contribution in [0.1, 0.15) is 13.8 Å². The molecular formula is C18H21ClN2O3. The number of carbonyl (C=O) groups is 1. The van der Waals surface area contributed by atoms with Crippen LogP contribution in [0.4, 0.5) is 17.1 Å². The second-order valence-corrected chi connectivity index (χ2v) is 5.94. The summed E-state index contributed by atoms with van der Waals surface area (Å²) in [5.74, 6) is 1.09. The van der Waals surface area contributed by atoms with Gasteiger partial charge in [0.1, 0.15) is 11.5 Å². The Balaban J connectivity index is 2.18. The molecule has 0 bridgehead atoms. The van der Waals surface area contributed by atoms with E-state index in [0.717, 1.165) is 17.1 Å². The first-order valence-corrected chi connectivity index (χ1v) is 7.92. The third kappa shape index (κ3) is 4.32. The van der Waals surface area contributed by atoms with Gasteiger partial charge in [0.25, 0.3) is 0 Å². The first-order chi connectivity index (χ1) is 11.4. The summed E-state index contributed by atoms with van der Waals surface area (Å²) in [6, 6.07) is 10.9. The van der Waals surface area contributed by atoms with Crippen LogP contribution in [0.15, 0.2) is 36.4 Å². The number of hydrogen-bond donors (Lipinski definition) is 2. The number of methoxy groups -OCH3 is 2. The minimum Gasteiger partial charge on any atom is -0.495 e. The van der Waals surface area contributed by atoms with Gasteiger partial charge in [-0.05, 0) is 24.3 Å². The van der Waals surface area contributed by atoms with Crippen molar-refractivity contribution in [1.82, 2.24) is 0 Å². The maximum Gasteiger partial charge on any atom is 0.226 e. The Morgan fingerprint density at radius 3 is 2.12 bits per heavy atom. The van der Waals surface area contributed by atoms with Crippen LogP contribution < -0.4 is 20.1 Å². The number of anilines is 3. The lowest BCUT2D eigenvalue weighted by Crippen LogP contribution is -2.17. The number of nitrogens with one attached hydrogen (secondary N) is 2. The van der Waals surface area contributed by atoms with E-state index < -0.39 is 0 Å². The van der Waals surface area contributed by atoms with E-state index in [1.807, 2.05) is 38.1 Å². The first kappa shape index (κ1) is 17.9. The summed E-state index contributed by atoms with van der Waals surface area (Å²) in [6.07, 6.45) is 0. The maximum absolute atomic E-state index is 11.7. The van der Waals surface area contributed by atoms with E-state index in [-0.39, 0.29) is 11.8 Å². The van der Waals surface area contributed by atoms with Gasteiger partial charge in [0.05, 0.1) is 24.9 Å². The Morgan fingerprint density at radius 1 is 1.00 bits per heavy atom. The van der Waals surface area contributed by atoms with E-state index in [9.17, 15) is 4.79 Å². The second-order valence-electron chi connectivity index (χ2n) is 5.53. The fourth-order valence-electron chi connectivity index (χ4n) is 2.04. The van der Waals surface area contributed by atoms with E-state index in [1.165, 1.54) is 0 Å². The van der Waals surface area contributed by atoms with Crippen LogP contribution in [0, 0.1) is 5.92 Å². The molecule has 0 aliphatic heterocycles. The summed E-state index contributed by atoms with van der Waals surface area (Å²) in [4.78, 5) is 11.7. The monoisotopic (exact) mass is 348 g/mol. The van der Waals surface area contributed by atoms with Crippen molar-refractivity contribution in [2.45, 2.75) is 13.8 Å². The van der Waals surface area contributed by atoms with Crippen LogP contribution in [0.25, 0.3) is 0 Å². The van der Waals surface area contributed by atoms with Gasteiger partial charge in [-0.2, -0.15) is 0 Å². The molecule has 0 atom stereocenters. The van der Waals surface area contributed by atoms with Crippen molar-refractivity contribution in [2.24, 2.45) is 5.92 Å². The molecule has 0 aliphatic carbocycles. The van der Waals surface area contributed by atoms with Gasteiger partial charge in [0.15, 0.2) is 0 Å². The number of amides is 1. The topological polar surface area (TPSA) is 59.6 Å². The van der Waals surface area contributed by atoms with Gasteiger partial charge >= 0.3 is 0 Å². The van der Waals surface area contributed by atoms with Crippen LogP contribution in [0.5, 0.6) is 11.5 Å². The molecule has 0 saturated heterocycles. The van der Waals surface area contributed by atoms with Crippen molar-refractivity contribution < 1.29 is 14.3 Å². The zero-order valence-electron chi connectivity index (χ0n) is 14.1. The lowest BCUT2D eigenvalue weighted by molar-refractivity contribution is -0.118. The maximum atomic E-state index is 11.7. The third-order valence-corrected chi connectivity index (χ3v) is 3.73. The molecule has 0 fully saturated rings. The van der Waals surface area contributed by atoms with Crippen molar-refractivity contribution in [2.75, 3.05) is 24.9 Å². The second kappa shape index (κ2) is 7.93. The van der Waals surface area contributed by atoms with Crippen molar-refractivity contribution in [3.05, 3.63) is 41.4 Å². The zero-order valence-corrected chi connectivity index (χ0v) is 14.9. The highest BCUT2D eigenvalue weighted by molar-refractivity contribution is 6.32. The molecule has 5 nitrogen and oxygen atoms in total. The molecule has 0 heterocycles. The molecule has 0 radical (unpaired) electrons. The summed E-state index contributed by atoms with van der Waals surface area (Å²) < 4.78 is 10.6. The van der Waals surface area contributed by atoms with Crippen LogP contribution in [0.3, 0.4) is 0 Å². The van der Waals surface area contributed by atoms with Gasteiger partial charge in [0, 0.05) is 29.4 Å². The Bertz CT molecular complexity index is 715. The number of hydrogen-bond acceptors (Lipinski definition) is 4. The quantitative estimate of drug-likeness (QED) is 0.794. The normalized spacial score (nSPS) is 10.4. The van der Waals surface area contributed by atoms with Gasteiger partial charge in [-0.15, -0.1) is 0 Å². The first-order valence-electron chi connectivity index (χ1n) is 7.54.